The van der Waals surface area contributed by atoms with Crippen LogP contribution in [-0.4, -0.2) is 18.4 Å². The zero-order chi connectivity index (χ0) is 17.0. The van der Waals surface area contributed by atoms with Gasteiger partial charge in [-0.2, -0.15) is 0 Å². The monoisotopic (exact) mass is 354 g/mol. The normalized spacial score (nSPS) is 10.3. The van der Waals surface area contributed by atoms with Crippen molar-refractivity contribution in [1.29, 1.82) is 0 Å². The number of nitrogens with one attached hydrogen (secondary N) is 1. The van der Waals surface area contributed by atoms with Gasteiger partial charge >= 0.3 is 0 Å². The maximum absolute atomic E-state index is 13.3. The third-order valence-corrected chi connectivity index (χ3v) is 3.85. The summed E-state index contributed by atoms with van der Waals surface area (Å²) in [6, 6.07) is 10.3. The molecule has 0 atom stereocenters. The number of hydrogen-bond acceptors (Lipinski definition) is 2. The second-order valence-corrected chi connectivity index (χ2v) is 5.52. The van der Waals surface area contributed by atoms with E-state index in [1.165, 1.54) is 25.1 Å². The fraction of sp³-hybridized carbons (Fsp3) is 0.125. The van der Waals surface area contributed by atoms with E-state index in [-0.39, 0.29) is 17.5 Å². The number of anilines is 2. The average molecular weight is 355 g/mol. The van der Waals surface area contributed by atoms with Gasteiger partial charge in [-0.1, -0.05) is 35.3 Å². The van der Waals surface area contributed by atoms with E-state index in [1.807, 2.05) is 0 Å². The SMILES string of the molecule is CC(=O)N(CC(=O)Nc1cccc(Cl)c1Cl)c1cccc(F)c1. The Bertz CT molecular complexity index is 753. The molecule has 2 rings (SSSR count). The number of carbonyl (C=O) groups is 2. The molecule has 0 heterocycles. The lowest BCUT2D eigenvalue weighted by Crippen LogP contribution is -2.36. The molecule has 0 bridgehead atoms. The molecular formula is C16H13Cl2FN2O2. The van der Waals surface area contributed by atoms with Crippen LogP contribution in [0.15, 0.2) is 42.5 Å². The van der Waals surface area contributed by atoms with Crippen LogP contribution in [0.1, 0.15) is 6.92 Å². The van der Waals surface area contributed by atoms with Crippen LogP contribution in [0, 0.1) is 5.82 Å². The van der Waals surface area contributed by atoms with Crippen molar-refractivity contribution in [3.63, 3.8) is 0 Å². The molecule has 0 fully saturated rings. The van der Waals surface area contributed by atoms with Crippen molar-refractivity contribution in [3.8, 4) is 0 Å². The van der Waals surface area contributed by atoms with Crippen LogP contribution in [-0.2, 0) is 9.59 Å². The van der Waals surface area contributed by atoms with E-state index in [4.69, 9.17) is 23.2 Å². The lowest BCUT2D eigenvalue weighted by Gasteiger charge is -2.21. The number of rotatable bonds is 4. The smallest absolute Gasteiger partial charge is 0.244 e. The Morgan fingerprint density at radius 2 is 1.87 bits per heavy atom. The highest BCUT2D eigenvalue weighted by Crippen LogP contribution is 2.29. The van der Waals surface area contributed by atoms with Gasteiger partial charge in [-0.15, -0.1) is 0 Å². The van der Waals surface area contributed by atoms with Gasteiger partial charge in [-0.05, 0) is 30.3 Å². The molecule has 0 aromatic heterocycles. The minimum absolute atomic E-state index is 0.211. The standard InChI is InChI=1S/C16H13Cl2FN2O2/c1-10(22)21(12-5-2-4-11(19)8-12)9-15(23)20-14-7-3-6-13(17)16(14)18/h2-8H,9H2,1H3,(H,20,23). The van der Waals surface area contributed by atoms with E-state index in [0.29, 0.717) is 16.4 Å². The molecular weight excluding hydrogens is 342 g/mol. The minimum Gasteiger partial charge on any atom is -0.323 e. The van der Waals surface area contributed by atoms with Crippen molar-refractivity contribution >= 4 is 46.4 Å². The third kappa shape index (κ3) is 4.43. The zero-order valence-corrected chi connectivity index (χ0v) is 13.7. The summed E-state index contributed by atoms with van der Waals surface area (Å²) < 4.78 is 13.3. The second-order valence-electron chi connectivity index (χ2n) is 4.73. The molecule has 0 saturated heterocycles. The number of benzene rings is 2. The van der Waals surface area contributed by atoms with Crippen molar-refractivity contribution in [3.05, 3.63) is 58.3 Å². The maximum Gasteiger partial charge on any atom is 0.244 e. The van der Waals surface area contributed by atoms with Gasteiger partial charge in [0.2, 0.25) is 11.8 Å². The van der Waals surface area contributed by atoms with Crippen LogP contribution in [0.5, 0.6) is 0 Å². The Morgan fingerprint density at radius 3 is 2.52 bits per heavy atom. The second kappa shape index (κ2) is 7.44. The number of hydrogen-bond donors (Lipinski definition) is 1. The Morgan fingerprint density at radius 1 is 1.17 bits per heavy atom. The fourth-order valence-electron chi connectivity index (χ4n) is 1.96. The molecule has 0 saturated carbocycles. The summed E-state index contributed by atoms with van der Waals surface area (Å²) in [6.07, 6.45) is 0. The van der Waals surface area contributed by atoms with E-state index in [0.717, 1.165) is 4.90 Å². The summed E-state index contributed by atoms with van der Waals surface area (Å²) >= 11 is 11.9. The van der Waals surface area contributed by atoms with Crippen LogP contribution in [0.3, 0.4) is 0 Å². The van der Waals surface area contributed by atoms with E-state index in [9.17, 15) is 14.0 Å². The first-order valence-electron chi connectivity index (χ1n) is 6.66. The Hall–Kier alpha value is -2.11. The van der Waals surface area contributed by atoms with Gasteiger partial charge < -0.3 is 10.2 Å². The summed E-state index contributed by atoms with van der Waals surface area (Å²) in [6.45, 7) is 1.02. The van der Waals surface area contributed by atoms with Crippen LogP contribution in [0.4, 0.5) is 15.8 Å². The Balaban J connectivity index is 2.16. The fourth-order valence-corrected chi connectivity index (χ4v) is 2.31. The molecule has 0 unspecified atom stereocenters. The number of halogens is 3. The van der Waals surface area contributed by atoms with Crippen LogP contribution < -0.4 is 10.2 Å². The van der Waals surface area contributed by atoms with Crippen LogP contribution in [0.2, 0.25) is 10.0 Å². The highest BCUT2D eigenvalue weighted by atomic mass is 35.5. The molecule has 0 aliphatic heterocycles. The summed E-state index contributed by atoms with van der Waals surface area (Å²) in [5, 5.41) is 3.09. The van der Waals surface area contributed by atoms with E-state index >= 15 is 0 Å². The molecule has 7 heteroatoms. The number of carbonyl (C=O) groups excluding carboxylic acids is 2. The molecule has 0 aliphatic carbocycles. The lowest BCUT2D eigenvalue weighted by atomic mass is 10.2. The van der Waals surface area contributed by atoms with Gasteiger partial charge in [0.25, 0.3) is 0 Å². The molecule has 120 valence electrons. The van der Waals surface area contributed by atoms with Gasteiger partial charge in [0.05, 0.1) is 15.7 Å². The first kappa shape index (κ1) is 17.2. The van der Waals surface area contributed by atoms with E-state index in [1.54, 1.807) is 24.3 Å². The molecule has 0 radical (unpaired) electrons. The molecule has 1 N–H and O–H groups in total. The summed E-state index contributed by atoms with van der Waals surface area (Å²) in [4.78, 5) is 25.1. The molecule has 23 heavy (non-hydrogen) atoms. The van der Waals surface area contributed by atoms with Gasteiger partial charge in [0.1, 0.15) is 12.4 Å². The third-order valence-electron chi connectivity index (χ3n) is 3.03. The highest BCUT2D eigenvalue weighted by molar-refractivity contribution is 6.44. The van der Waals surface area contributed by atoms with Crippen molar-refractivity contribution < 1.29 is 14.0 Å². The molecule has 2 aromatic rings. The van der Waals surface area contributed by atoms with Crippen molar-refractivity contribution in [1.82, 2.24) is 0 Å². The Labute approximate surface area is 142 Å². The van der Waals surface area contributed by atoms with Gasteiger partial charge in [0.15, 0.2) is 0 Å². The predicted molar refractivity (Wildman–Crippen MR) is 89.5 cm³/mol. The highest BCUT2D eigenvalue weighted by Gasteiger charge is 2.17. The first-order chi connectivity index (χ1) is 10.9. The van der Waals surface area contributed by atoms with Crippen molar-refractivity contribution in [2.75, 3.05) is 16.8 Å². The number of nitrogens with zero attached hydrogens (tertiary/aromatic N) is 1. The van der Waals surface area contributed by atoms with E-state index < -0.39 is 11.7 Å². The van der Waals surface area contributed by atoms with Crippen LogP contribution >= 0.6 is 23.2 Å². The molecule has 2 aromatic carbocycles. The largest absolute Gasteiger partial charge is 0.323 e. The van der Waals surface area contributed by atoms with Gasteiger partial charge in [0, 0.05) is 12.6 Å². The molecule has 4 nitrogen and oxygen atoms in total. The number of amides is 2. The molecule has 0 aliphatic rings. The van der Waals surface area contributed by atoms with E-state index in [2.05, 4.69) is 5.32 Å². The average Bonchev–Trinajstić information content (AvgIpc) is 2.49. The summed E-state index contributed by atoms with van der Waals surface area (Å²) in [5.41, 5.74) is 0.636. The lowest BCUT2D eigenvalue weighted by molar-refractivity contribution is -0.120. The topological polar surface area (TPSA) is 49.4 Å². The van der Waals surface area contributed by atoms with Gasteiger partial charge in [-0.25, -0.2) is 4.39 Å². The van der Waals surface area contributed by atoms with Crippen molar-refractivity contribution in [2.45, 2.75) is 6.92 Å². The quantitative estimate of drug-likeness (QED) is 0.897. The molecule has 2 amide bonds. The van der Waals surface area contributed by atoms with Crippen LogP contribution in [0.25, 0.3) is 0 Å². The summed E-state index contributed by atoms with van der Waals surface area (Å²) in [7, 11) is 0. The maximum atomic E-state index is 13.3. The van der Waals surface area contributed by atoms with Crippen molar-refractivity contribution in [2.24, 2.45) is 0 Å². The minimum atomic E-state index is -0.493. The zero-order valence-electron chi connectivity index (χ0n) is 12.1. The molecule has 0 spiro atoms. The predicted octanol–water partition coefficient (Wildman–Crippen LogP) is 4.12. The first-order valence-corrected chi connectivity index (χ1v) is 7.41. The Kier molecular flexibility index (Phi) is 5.58. The van der Waals surface area contributed by atoms with Gasteiger partial charge in [-0.3, -0.25) is 9.59 Å². The summed E-state index contributed by atoms with van der Waals surface area (Å²) in [5.74, 6) is -1.36.